The Hall–Kier alpha value is -1.78. The third kappa shape index (κ3) is 0.861. The lowest BCUT2D eigenvalue weighted by atomic mass is 10.2. The molecule has 0 amide bonds. The largest absolute Gasteiger partial charge is 0.396 e. The Balaban J connectivity index is 2.53. The standard InChI is InChI=1S/C6H7N5/c7-5-3-10-11-6(5)4-1-8-9-2-4/h1-3H,7H2,(H,8,9)(H,10,11). The van der Waals surface area contributed by atoms with Gasteiger partial charge in [0, 0.05) is 18.0 Å². The number of hydrogen-bond acceptors (Lipinski definition) is 3. The minimum atomic E-state index is 0.631. The molecule has 0 spiro atoms. The van der Waals surface area contributed by atoms with Crippen molar-refractivity contribution in [3.05, 3.63) is 18.6 Å². The molecule has 0 saturated heterocycles. The van der Waals surface area contributed by atoms with Gasteiger partial charge in [-0.25, -0.2) is 0 Å². The molecule has 2 rings (SSSR count). The highest BCUT2D eigenvalue weighted by Crippen LogP contribution is 2.20. The maximum Gasteiger partial charge on any atom is 0.118 e. The first-order valence-electron chi connectivity index (χ1n) is 3.16. The van der Waals surface area contributed by atoms with Gasteiger partial charge >= 0.3 is 0 Å². The van der Waals surface area contributed by atoms with Gasteiger partial charge in [0.2, 0.25) is 0 Å². The summed E-state index contributed by atoms with van der Waals surface area (Å²) in [6.07, 6.45) is 5.06. The third-order valence-electron chi connectivity index (χ3n) is 1.44. The molecule has 5 nitrogen and oxygen atoms in total. The van der Waals surface area contributed by atoms with Gasteiger partial charge in [0.25, 0.3) is 0 Å². The van der Waals surface area contributed by atoms with Crippen LogP contribution in [0.2, 0.25) is 0 Å². The summed E-state index contributed by atoms with van der Waals surface area (Å²) in [5, 5.41) is 13.1. The molecule has 0 unspecified atom stereocenters. The molecule has 0 fully saturated rings. The molecule has 2 heterocycles. The Morgan fingerprint density at radius 3 is 2.73 bits per heavy atom. The zero-order chi connectivity index (χ0) is 7.68. The summed E-state index contributed by atoms with van der Waals surface area (Å²) in [7, 11) is 0. The zero-order valence-electron chi connectivity index (χ0n) is 5.70. The number of nitrogens with two attached hydrogens (primary N) is 1. The van der Waals surface area contributed by atoms with Gasteiger partial charge in [-0.3, -0.25) is 10.2 Å². The van der Waals surface area contributed by atoms with Crippen LogP contribution in [0.25, 0.3) is 11.3 Å². The molecule has 0 atom stereocenters. The molecule has 0 bridgehead atoms. The molecule has 0 saturated carbocycles. The van der Waals surface area contributed by atoms with Crippen molar-refractivity contribution in [3.8, 4) is 11.3 Å². The summed E-state index contributed by atoms with van der Waals surface area (Å²) in [4.78, 5) is 0. The van der Waals surface area contributed by atoms with Gasteiger partial charge in [0.15, 0.2) is 0 Å². The van der Waals surface area contributed by atoms with Crippen molar-refractivity contribution in [2.75, 3.05) is 5.73 Å². The van der Waals surface area contributed by atoms with Crippen molar-refractivity contribution < 1.29 is 0 Å². The van der Waals surface area contributed by atoms with Crippen LogP contribution in [0.15, 0.2) is 18.6 Å². The molecule has 56 valence electrons. The smallest absolute Gasteiger partial charge is 0.118 e. The van der Waals surface area contributed by atoms with E-state index in [4.69, 9.17) is 5.73 Å². The van der Waals surface area contributed by atoms with Crippen LogP contribution in [0.3, 0.4) is 0 Å². The van der Waals surface area contributed by atoms with E-state index in [1.165, 1.54) is 0 Å². The highest BCUT2D eigenvalue weighted by atomic mass is 15.1. The molecule has 0 aliphatic rings. The van der Waals surface area contributed by atoms with E-state index >= 15 is 0 Å². The summed E-state index contributed by atoms with van der Waals surface area (Å²) < 4.78 is 0. The minimum Gasteiger partial charge on any atom is -0.396 e. The van der Waals surface area contributed by atoms with Crippen LogP contribution in [0.5, 0.6) is 0 Å². The molecule has 0 radical (unpaired) electrons. The fourth-order valence-corrected chi connectivity index (χ4v) is 0.911. The van der Waals surface area contributed by atoms with Gasteiger partial charge in [-0.1, -0.05) is 0 Å². The van der Waals surface area contributed by atoms with E-state index in [0.717, 1.165) is 11.3 Å². The molecule has 5 heteroatoms. The zero-order valence-corrected chi connectivity index (χ0v) is 5.70. The van der Waals surface area contributed by atoms with Gasteiger partial charge < -0.3 is 5.73 Å². The molecule has 2 aromatic rings. The van der Waals surface area contributed by atoms with Gasteiger partial charge in [0.05, 0.1) is 11.9 Å². The van der Waals surface area contributed by atoms with Crippen LogP contribution in [0, 0.1) is 0 Å². The number of H-pyrrole nitrogens is 2. The summed E-state index contributed by atoms with van der Waals surface area (Å²) in [6.45, 7) is 0. The second-order valence-corrected chi connectivity index (χ2v) is 2.18. The van der Waals surface area contributed by atoms with Crippen molar-refractivity contribution in [3.63, 3.8) is 0 Å². The fraction of sp³-hybridized carbons (Fsp3) is 0. The number of nitrogens with one attached hydrogen (secondary N) is 2. The maximum absolute atomic E-state index is 5.60. The van der Waals surface area contributed by atoms with E-state index in [1.54, 1.807) is 18.6 Å². The Morgan fingerprint density at radius 1 is 1.27 bits per heavy atom. The molecular weight excluding hydrogens is 142 g/mol. The second kappa shape index (κ2) is 2.12. The van der Waals surface area contributed by atoms with Gasteiger partial charge in [-0.15, -0.1) is 0 Å². The van der Waals surface area contributed by atoms with Crippen LogP contribution < -0.4 is 5.73 Å². The van der Waals surface area contributed by atoms with Crippen molar-refractivity contribution >= 4 is 5.69 Å². The van der Waals surface area contributed by atoms with E-state index in [-0.39, 0.29) is 0 Å². The van der Waals surface area contributed by atoms with Crippen molar-refractivity contribution in [2.45, 2.75) is 0 Å². The first kappa shape index (κ1) is 5.96. The highest BCUT2D eigenvalue weighted by Gasteiger charge is 2.04. The highest BCUT2D eigenvalue weighted by molar-refractivity contribution is 5.70. The lowest BCUT2D eigenvalue weighted by Gasteiger charge is -1.88. The number of nitrogens with zero attached hydrogens (tertiary/aromatic N) is 2. The third-order valence-corrected chi connectivity index (χ3v) is 1.44. The number of hydrogen-bond donors (Lipinski definition) is 3. The van der Waals surface area contributed by atoms with E-state index in [1.807, 2.05) is 0 Å². The number of aromatic nitrogens is 4. The number of anilines is 1. The number of aromatic amines is 2. The van der Waals surface area contributed by atoms with Crippen LogP contribution in [-0.4, -0.2) is 20.4 Å². The van der Waals surface area contributed by atoms with Crippen molar-refractivity contribution in [1.29, 1.82) is 0 Å². The molecule has 0 aromatic carbocycles. The normalized spacial score (nSPS) is 10.2. The second-order valence-electron chi connectivity index (χ2n) is 2.18. The van der Waals surface area contributed by atoms with E-state index < -0.39 is 0 Å². The van der Waals surface area contributed by atoms with Crippen LogP contribution in [-0.2, 0) is 0 Å². The average Bonchev–Trinajstić information content (AvgIpc) is 2.55. The van der Waals surface area contributed by atoms with Gasteiger partial charge in [0.1, 0.15) is 5.69 Å². The predicted octanol–water partition coefficient (Wildman–Crippen LogP) is 0.382. The Bertz CT molecular complexity index is 333. The predicted molar refractivity (Wildman–Crippen MR) is 40.6 cm³/mol. The first-order valence-corrected chi connectivity index (χ1v) is 3.16. The molecule has 2 aromatic heterocycles. The van der Waals surface area contributed by atoms with Crippen LogP contribution in [0.4, 0.5) is 5.69 Å². The van der Waals surface area contributed by atoms with Crippen LogP contribution in [0.1, 0.15) is 0 Å². The maximum atomic E-state index is 5.60. The molecule has 0 aliphatic carbocycles. The van der Waals surface area contributed by atoms with E-state index in [2.05, 4.69) is 20.4 Å². The quantitative estimate of drug-likeness (QED) is 0.548. The monoisotopic (exact) mass is 149 g/mol. The first-order chi connectivity index (χ1) is 5.38. The van der Waals surface area contributed by atoms with E-state index in [9.17, 15) is 0 Å². The summed E-state index contributed by atoms with van der Waals surface area (Å²) in [5.74, 6) is 0. The molecule has 0 aliphatic heterocycles. The Labute approximate surface area is 62.6 Å². The number of rotatable bonds is 1. The Morgan fingerprint density at radius 2 is 2.18 bits per heavy atom. The van der Waals surface area contributed by atoms with Crippen molar-refractivity contribution in [1.82, 2.24) is 20.4 Å². The van der Waals surface area contributed by atoms with Crippen molar-refractivity contribution in [2.24, 2.45) is 0 Å². The summed E-state index contributed by atoms with van der Waals surface area (Å²) in [5.41, 5.74) is 7.85. The SMILES string of the molecule is Nc1c[nH]nc1-c1cn[nH]c1. The lowest BCUT2D eigenvalue weighted by molar-refractivity contribution is 1.09. The lowest BCUT2D eigenvalue weighted by Crippen LogP contribution is -1.84. The Kier molecular flexibility index (Phi) is 1.15. The van der Waals surface area contributed by atoms with Gasteiger partial charge in [-0.2, -0.15) is 10.2 Å². The van der Waals surface area contributed by atoms with Gasteiger partial charge in [-0.05, 0) is 0 Å². The van der Waals surface area contributed by atoms with Crippen LogP contribution >= 0.6 is 0 Å². The summed E-state index contributed by atoms with van der Waals surface area (Å²) >= 11 is 0. The fourth-order valence-electron chi connectivity index (χ4n) is 0.911. The molecular formula is C6H7N5. The molecule has 11 heavy (non-hydrogen) atoms. The topological polar surface area (TPSA) is 83.4 Å². The summed E-state index contributed by atoms with van der Waals surface area (Å²) in [6, 6.07) is 0. The minimum absolute atomic E-state index is 0.631. The number of nitrogen functional groups attached to an aromatic ring is 1. The average molecular weight is 149 g/mol. The van der Waals surface area contributed by atoms with E-state index in [0.29, 0.717) is 5.69 Å². The molecule has 4 N–H and O–H groups in total.